The Labute approximate surface area is 122 Å². The number of hydrogen-bond donors (Lipinski definition) is 1. The number of nitrogens with zero attached hydrogens (tertiary/aromatic N) is 1. The van der Waals surface area contributed by atoms with Gasteiger partial charge in [0.2, 0.25) is 0 Å². The molecule has 0 spiro atoms. The van der Waals surface area contributed by atoms with Crippen molar-refractivity contribution in [3.05, 3.63) is 28.0 Å². The van der Waals surface area contributed by atoms with Gasteiger partial charge < -0.3 is 10.6 Å². The highest BCUT2D eigenvalue weighted by Crippen LogP contribution is 2.39. The van der Waals surface area contributed by atoms with Gasteiger partial charge in [-0.2, -0.15) is 0 Å². The average Bonchev–Trinajstić information content (AvgIpc) is 2.34. The van der Waals surface area contributed by atoms with Crippen molar-refractivity contribution in [3.8, 4) is 0 Å². The molecule has 104 valence electrons. The molecular formula is C14H17Cl2FN2. The minimum Gasteiger partial charge on any atom is -0.365 e. The van der Waals surface area contributed by atoms with E-state index < -0.39 is 5.82 Å². The van der Waals surface area contributed by atoms with Gasteiger partial charge >= 0.3 is 0 Å². The molecule has 3 rings (SSSR count). The van der Waals surface area contributed by atoms with Crippen molar-refractivity contribution in [2.75, 3.05) is 4.90 Å². The first-order valence-corrected chi connectivity index (χ1v) is 7.50. The number of fused-ring (bicyclic) bond motifs is 2. The zero-order valence-corrected chi connectivity index (χ0v) is 12.1. The van der Waals surface area contributed by atoms with Gasteiger partial charge in [0.1, 0.15) is 0 Å². The summed E-state index contributed by atoms with van der Waals surface area (Å²) in [6, 6.07) is 4.51. The highest BCUT2D eigenvalue weighted by molar-refractivity contribution is 6.35. The molecule has 19 heavy (non-hydrogen) atoms. The lowest BCUT2D eigenvalue weighted by Crippen LogP contribution is -2.55. The van der Waals surface area contributed by atoms with Crippen molar-refractivity contribution < 1.29 is 4.39 Å². The average molecular weight is 303 g/mol. The third kappa shape index (κ3) is 2.44. The molecule has 1 aromatic carbocycles. The number of rotatable bonds is 1. The Morgan fingerprint density at radius 3 is 2.16 bits per heavy atom. The van der Waals surface area contributed by atoms with Crippen LogP contribution in [0.25, 0.3) is 0 Å². The second-order valence-electron chi connectivity index (χ2n) is 5.60. The van der Waals surface area contributed by atoms with E-state index in [1.54, 1.807) is 12.1 Å². The number of nitrogens with two attached hydrogens (primary N) is 1. The molecule has 2 heterocycles. The lowest BCUT2D eigenvalue weighted by Gasteiger charge is -2.49. The topological polar surface area (TPSA) is 29.3 Å². The first-order valence-electron chi connectivity index (χ1n) is 6.74. The summed E-state index contributed by atoms with van der Waals surface area (Å²) in [6.45, 7) is 0. The predicted octanol–water partition coefficient (Wildman–Crippen LogP) is 3.98. The maximum atomic E-state index is 13.5. The summed E-state index contributed by atoms with van der Waals surface area (Å²) < 4.78 is 13.5. The molecule has 5 heteroatoms. The lowest BCUT2D eigenvalue weighted by atomic mass is 9.81. The molecule has 0 saturated carbocycles. The molecule has 2 unspecified atom stereocenters. The van der Waals surface area contributed by atoms with E-state index in [0.717, 1.165) is 31.4 Å². The van der Waals surface area contributed by atoms with E-state index in [9.17, 15) is 4.39 Å². The van der Waals surface area contributed by atoms with Gasteiger partial charge in [-0.05, 0) is 44.2 Å². The smallest absolute Gasteiger partial charge is 0.160 e. The SMILES string of the molecule is NC1CC2CCCC(C1)N2c1cc(Cl)c(F)c(Cl)c1. The molecule has 0 aromatic heterocycles. The fraction of sp³-hybridized carbons (Fsp3) is 0.571. The van der Waals surface area contributed by atoms with Crippen molar-refractivity contribution in [2.45, 2.75) is 50.2 Å². The Kier molecular flexibility index (Phi) is 3.63. The molecule has 2 atom stereocenters. The normalized spacial score (nSPS) is 30.5. The van der Waals surface area contributed by atoms with Crippen molar-refractivity contribution in [3.63, 3.8) is 0 Å². The van der Waals surface area contributed by atoms with E-state index in [-0.39, 0.29) is 16.1 Å². The van der Waals surface area contributed by atoms with Crippen LogP contribution in [0.2, 0.25) is 10.0 Å². The van der Waals surface area contributed by atoms with E-state index in [0.29, 0.717) is 12.1 Å². The maximum absolute atomic E-state index is 13.5. The third-order valence-corrected chi connectivity index (χ3v) is 4.83. The number of hydrogen-bond acceptors (Lipinski definition) is 2. The molecule has 0 radical (unpaired) electrons. The first kappa shape index (κ1) is 13.5. The first-order chi connectivity index (χ1) is 9.06. The number of piperidine rings is 2. The molecule has 2 nitrogen and oxygen atoms in total. The van der Waals surface area contributed by atoms with Gasteiger partial charge in [0.25, 0.3) is 0 Å². The fourth-order valence-electron chi connectivity index (χ4n) is 3.54. The van der Waals surface area contributed by atoms with Crippen LogP contribution in [0.3, 0.4) is 0 Å². The van der Waals surface area contributed by atoms with Crippen LogP contribution in [0.15, 0.2) is 12.1 Å². The predicted molar refractivity (Wildman–Crippen MR) is 77.5 cm³/mol. The molecule has 2 bridgehead atoms. The van der Waals surface area contributed by atoms with Crippen LogP contribution < -0.4 is 10.6 Å². The zero-order valence-electron chi connectivity index (χ0n) is 10.6. The van der Waals surface area contributed by atoms with Crippen LogP contribution in [-0.4, -0.2) is 18.1 Å². The van der Waals surface area contributed by atoms with Gasteiger partial charge in [-0.1, -0.05) is 23.2 Å². The molecule has 1 aromatic rings. The molecular weight excluding hydrogens is 286 g/mol. The van der Waals surface area contributed by atoms with E-state index in [1.165, 1.54) is 6.42 Å². The van der Waals surface area contributed by atoms with Crippen LogP contribution in [0, 0.1) is 5.82 Å². The summed E-state index contributed by atoms with van der Waals surface area (Å²) in [5.74, 6) is -0.536. The highest BCUT2D eigenvalue weighted by atomic mass is 35.5. The Balaban J connectivity index is 1.97. The Hall–Kier alpha value is -0.510. The number of halogens is 3. The summed E-state index contributed by atoms with van der Waals surface area (Å²) >= 11 is 11.8. The standard InChI is InChI=1S/C14H17Cl2FN2/c15-12-6-11(7-13(16)14(12)17)19-9-2-1-3-10(19)5-8(18)4-9/h6-10H,1-5,18H2. The maximum Gasteiger partial charge on any atom is 0.160 e. The summed E-state index contributed by atoms with van der Waals surface area (Å²) in [6.07, 6.45) is 5.49. The third-order valence-electron chi connectivity index (χ3n) is 4.28. The van der Waals surface area contributed by atoms with E-state index in [1.807, 2.05) is 0 Å². The van der Waals surface area contributed by atoms with Gasteiger partial charge in [0, 0.05) is 23.8 Å². The van der Waals surface area contributed by atoms with Gasteiger partial charge in [-0.25, -0.2) is 4.39 Å². The number of benzene rings is 1. The van der Waals surface area contributed by atoms with Gasteiger partial charge in [-0.15, -0.1) is 0 Å². The summed E-state index contributed by atoms with van der Waals surface area (Å²) in [5.41, 5.74) is 7.04. The molecule has 2 saturated heterocycles. The van der Waals surface area contributed by atoms with Crippen LogP contribution in [0.5, 0.6) is 0 Å². The van der Waals surface area contributed by atoms with Crippen molar-refractivity contribution in [1.82, 2.24) is 0 Å². The molecule has 0 aliphatic carbocycles. The Morgan fingerprint density at radius 1 is 1.11 bits per heavy atom. The summed E-state index contributed by atoms with van der Waals surface area (Å²) in [4.78, 5) is 2.35. The highest BCUT2D eigenvalue weighted by Gasteiger charge is 2.37. The monoisotopic (exact) mass is 302 g/mol. The van der Waals surface area contributed by atoms with Gasteiger partial charge in [0.05, 0.1) is 10.0 Å². The molecule has 2 N–H and O–H groups in total. The van der Waals surface area contributed by atoms with Crippen LogP contribution in [-0.2, 0) is 0 Å². The zero-order chi connectivity index (χ0) is 13.6. The minimum absolute atomic E-state index is 0.0930. The summed E-state index contributed by atoms with van der Waals surface area (Å²) in [5, 5.41) is 0.186. The van der Waals surface area contributed by atoms with Gasteiger partial charge in [-0.3, -0.25) is 0 Å². The van der Waals surface area contributed by atoms with Crippen molar-refractivity contribution in [2.24, 2.45) is 5.73 Å². The second-order valence-corrected chi connectivity index (χ2v) is 6.42. The minimum atomic E-state index is -0.536. The van der Waals surface area contributed by atoms with E-state index in [2.05, 4.69) is 4.90 Å². The quantitative estimate of drug-likeness (QED) is 0.795. The van der Waals surface area contributed by atoms with E-state index in [4.69, 9.17) is 28.9 Å². The largest absolute Gasteiger partial charge is 0.365 e. The van der Waals surface area contributed by atoms with Crippen LogP contribution in [0.1, 0.15) is 32.1 Å². The number of anilines is 1. The van der Waals surface area contributed by atoms with Crippen molar-refractivity contribution >= 4 is 28.9 Å². The van der Waals surface area contributed by atoms with Crippen LogP contribution >= 0.6 is 23.2 Å². The second kappa shape index (κ2) is 5.12. The lowest BCUT2D eigenvalue weighted by molar-refractivity contribution is 0.271. The van der Waals surface area contributed by atoms with E-state index >= 15 is 0 Å². The molecule has 2 fully saturated rings. The van der Waals surface area contributed by atoms with Crippen LogP contribution in [0.4, 0.5) is 10.1 Å². The molecule has 2 aliphatic rings. The van der Waals surface area contributed by atoms with Gasteiger partial charge in [0.15, 0.2) is 5.82 Å². The Morgan fingerprint density at radius 2 is 1.63 bits per heavy atom. The molecule has 0 amide bonds. The Bertz CT molecular complexity index is 457. The molecule has 2 aliphatic heterocycles. The van der Waals surface area contributed by atoms with Crippen molar-refractivity contribution in [1.29, 1.82) is 0 Å². The fourth-order valence-corrected chi connectivity index (χ4v) is 4.01. The summed E-state index contributed by atoms with van der Waals surface area (Å²) in [7, 11) is 0.